The van der Waals surface area contributed by atoms with Gasteiger partial charge in [0.25, 0.3) is 0 Å². The molecule has 20 heavy (non-hydrogen) atoms. The first-order chi connectivity index (χ1) is 9.70. The predicted octanol–water partition coefficient (Wildman–Crippen LogP) is 3.58. The van der Waals surface area contributed by atoms with Crippen LogP contribution in [-0.2, 0) is 0 Å². The van der Waals surface area contributed by atoms with Crippen LogP contribution in [0.15, 0.2) is 6.07 Å². The van der Waals surface area contributed by atoms with Gasteiger partial charge in [0.1, 0.15) is 11.0 Å². The lowest BCUT2D eigenvalue weighted by molar-refractivity contribution is 0.529. The Bertz CT molecular complexity index is 616. The quantitative estimate of drug-likeness (QED) is 0.913. The van der Waals surface area contributed by atoms with E-state index in [9.17, 15) is 0 Å². The van der Waals surface area contributed by atoms with Crippen molar-refractivity contribution < 1.29 is 0 Å². The molecule has 1 unspecified atom stereocenters. The van der Waals surface area contributed by atoms with Crippen molar-refractivity contribution in [2.45, 2.75) is 25.8 Å². The lowest BCUT2D eigenvalue weighted by atomic mass is 10.2. The van der Waals surface area contributed by atoms with Gasteiger partial charge in [0.05, 0.1) is 27.5 Å². The molecule has 0 amide bonds. The second kappa shape index (κ2) is 6.02. The molecule has 2 heterocycles. The molecule has 1 aromatic carbocycles. The SMILES string of the molecule is CCC1CN(c2c(Cl)cc(Cl)c3nsnc23)CCCN1. The van der Waals surface area contributed by atoms with Crippen molar-refractivity contribution in [2.24, 2.45) is 0 Å². The Morgan fingerprint density at radius 2 is 2.15 bits per heavy atom. The molecule has 2 aromatic rings. The van der Waals surface area contributed by atoms with Gasteiger partial charge in [-0.1, -0.05) is 30.1 Å². The van der Waals surface area contributed by atoms with Crippen molar-refractivity contribution in [3.63, 3.8) is 0 Å². The molecule has 1 saturated heterocycles. The number of anilines is 1. The molecule has 0 radical (unpaired) electrons. The second-order valence-corrected chi connectivity index (χ2v) is 6.35. The van der Waals surface area contributed by atoms with Crippen molar-refractivity contribution in [2.75, 3.05) is 24.5 Å². The minimum Gasteiger partial charge on any atom is -0.367 e. The van der Waals surface area contributed by atoms with E-state index in [4.69, 9.17) is 23.2 Å². The van der Waals surface area contributed by atoms with Crippen molar-refractivity contribution in [3.8, 4) is 0 Å². The highest BCUT2D eigenvalue weighted by molar-refractivity contribution is 7.00. The van der Waals surface area contributed by atoms with Crippen LogP contribution in [0.2, 0.25) is 10.0 Å². The van der Waals surface area contributed by atoms with Crippen molar-refractivity contribution in [3.05, 3.63) is 16.1 Å². The van der Waals surface area contributed by atoms with Crippen LogP contribution < -0.4 is 10.2 Å². The average Bonchev–Trinajstić information content (AvgIpc) is 2.78. The van der Waals surface area contributed by atoms with Crippen LogP contribution in [0.4, 0.5) is 5.69 Å². The van der Waals surface area contributed by atoms with Crippen LogP contribution in [0.25, 0.3) is 11.0 Å². The molecule has 1 aliphatic heterocycles. The second-order valence-electron chi connectivity index (χ2n) is 5.01. The Kier molecular flexibility index (Phi) is 4.31. The molecule has 1 fully saturated rings. The van der Waals surface area contributed by atoms with Crippen LogP contribution in [0.5, 0.6) is 0 Å². The zero-order valence-electron chi connectivity index (χ0n) is 11.2. The third-order valence-corrected chi connectivity index (χ3v) is 4.81. The fraction of sp³-hybridized carbons (Fsp3) is 0.538. The van der Waals surface area contributed by atoms with E-state index in [1.807, 2.05) is 0 Å². The first-order valence-corrected chi connectivity index (χ1v) is 8.28. The van der Waals surface area contributed by atoms with Gasteiger partial charge < -0.3 is 10.2 Å². The van der Waals surface area contributed by atoms with E-state index >= 15 is 0 Å². The van der Waals surface area contributed by atoms with E-state index in [1.54, 1.807) is 6.07 Å². The Balaban J connectivity index is 2.06. The highest BCUT2D eigenvalue weighted by Crippen LogP contribution is 2.38. The van der Waals surface area contributed by atoms with Crippen molar-refractivity contribution in [1.82, 2.24) is 14.1 Å². The maximum absolute atomic E-state index is 6.43. The topological polar surface area (TPSA) is 41.1 Å². The normalized spacial score (nSPS) is 20.4. The summed E-state index contributed by atoms with van der Waals surface area (Å²) in [6.07, 6.45) is 2.19. The van der Waals surface area contributed by atoms with Crippen LogP contribution in [0, 0.1) is 0 Å². The van der Waals surface area contributed by atoms with Crippen LogP contribution in [-0.4, -0.2) is 34.4 Å². The van der Waals surface area contributed by atoms with Crippen molar-refractivity contribution >= 4 is 51.7 Å². The van der Waals surface area contributed by atoms with Crippen LogP contribution >= 0.6 is 34.9 Å². The van der Waals surface area contributed by atoms with Gasteiger partial charge in [0, 0.05) is 19.1 Å². The van der Waals surface area contributed by atoms with Gasteiger partial charge in [-0.3, -0.25) is 0 Å². The molecule has 108 valence electrons. The summed E-state index contributed by atoms with van der Waals surface area (Å²) in [6, 6.07) is 2.26. The third-order valence-electron chi connectivity index (χ3n) is 3.71. The molecule has 7 heteroatoms. The summed E-state index contributed by atoms with van der Waals surface area (Å²) in [6.45, 7) is 5.14. The molecule has 0 spiro atoms. The van der Waals surface area contributed by atoms with Crippen LogP contribution in [0.3, 0.4) is 0 Å². The molecule has 1 N–H and O–H groups in total. The average molecular weight is 331 g/mol. The van der Waals surface area contributed by atoms with E-state index in [0.717, 1.165) is 49.2 Å². The molecule has 4 nitrogen and oxygen atoms in total. The summed E-state index contributed by atoms with van der Waals surface area (Å²) in [5, 5.41) is 4.79. The Morgan fingerprint density at radius 1 is 1.35 bits per heavy atom. The number of halogens is 2. The molecular formula is C13H16Cl2N4S. The zero-order valence-corrected chi connectivity index (χ0v) is 13.5. The molecule has 0 saturated carbocycles. The number of fused-ring (bicyclic) bond motifs is 1. The minimum absolute atomic E-state index is 0.478. The van der Waals surface area contributed by atoms with Gasteiger partial charge in [-0.2, -0.15) is 8.75 Å². The number of benzene rings is 1. The molecule has 1 atom stereocenters. The van der Waals surface area contributed by atoms with E-state index in [2.05, 4.69) is 25.9 Å². The van der Waals surface area contributed by atoms with E-state index in [1.165, 1.54) is 11.7 Å². The zero-order chi connectivity index (χ0) is 14.1. The monoisotopic (exact) mass is 330 g/mol. The first-order valence-electron chi connectivity index (χ1n) is 6.79. The van der Waals surface area contributed by atoms with Gasteiger partial charge in [-0.25, -0.2) is 0 Å². The molecule has 3 rings (SSSR count). The highest BCUT2D eigenvalue weighted by atomic mass is 35.5. The number of rotatable bonds is 2. The van der Waals surface area contributed by atoms with Gasteiger partial charge in [-0.05, 0) is 25.5 Å². The predicted molar refractivity (Wildman–Crippen MR) is 86.3 cm³/mol. The molecule has 0 bridgehead atoms. The fourth-order valence-corrected chi connectivity index (χ4v) is 3.86. The van der Waals surface area contributed by atoms with E-state index < -0.39 is 0 Å². The molecule has 1 aliphatic rings. The van der Waals surface area contributed by atoms with E-state index in [0.29, 0.717) is 16.1 Å². The Labute approximate surface area is 132 Å². The maximum atomic E-state index is 6.43. The summed E-state index contributed by atoms with van der Waals surface area (Å²) in [7, 11) is 0. The molecule has 0 aliphatic carbocycles. The summed E-state index contributed by atoms with van der Waals surface area (Å²) in [5.41, 5.74) is 2.55. The summed E-state index contributed by atoms with van der Waals surface area (Å²) < 4.78 is 8.67. The number of aromatic nitrogens is 2. The number of hydrogen-bond donors (Lipinski definition) is 1. The van der Waals surface area contributed by atoms with Gasteiger partial charge in [-0.15, -0.1) is 0 Å². The molecular weight excluding hydrogens is 315 g/mol. The van der Waals surface area contributed by atoms with E-state index in [-0.39, 0.29) is 0 Å². The van der Waals surface area contributed by atoms with Gasteiger partial charge >= 0.3 is 0 Å². The number of hydrogen-bond acceptors (Lipinski definition) is 5. The summed E-state index contributed by atoms with van der Waals surface area (Å²) in [5.74, 6) is 0. The third kappa shape index (κ3) is 2.60. The summed E-state index contributed by atoms with van der Waals surface area (Å²) >= 11 is 13.8. The fourth-order valence-electron chi connectivity index (χ4n) is 2.64. The minimum atomic E-state index is 0.478. The van der Waals surface area contributed by atoms with Crippen molar-refractivity contribution in [1.29, 1.82) is 0 Å². The Morgan fingerprint density at radius 3 is 2.95 bits per heavy atom. The molecule has 1 aromatic heterocycles. The maximum Gasteiger partial charge on any atom is 0.131 e. The van der Waals surface area contributed by atoms with Gasteiger partial charge in [0.15, 0.2) is 0 Å². The first kappa shape index (κ1) is 14.3. The van der Waals surface area contributed by atoms with Gasteiger partial charge in [0.2, 0.25) is 0 Å². The Hall–Kier alpha value is -0.620. The highest BCUT2D eigenvalue weighted by Gasteiger charge is 2.23. The standard InChI is InChI=1S/C13H16Cl2N4S/c1-2-8-7-19(5-3-4-16-8)13-10(15)6-9(14)11-12(13)18-20-17-11/h6,8,16H,2-5,7H2,1H3. The largest absolute Gasteiger partial charge is 0.367 e. The lowest BCUT2D eigenvalue weighted by Gasteiger charge is -2.27. The van der Waals surface area contributed by atoms with Crippen LogP contribution in [0.1, 0.15) is 19.8 Å². The summed E-state index contributed by atoms with van der Waals surface area (Å²) in [4.78, 5) is 2.32. The lowest BCUT2D eigenvalue weighted by Crippen LogP contribution is -2.37. The number of nitrogens with one attached hydrogen (secondary N) is 1. The number of nitrogens with zero attached hydrogens (tertiary/aromatic N) is 3. The smallest absolute Gasteiger partial charge is 0.131 e.